The molecule has 23 heavy (non-hydrogen) atoms. The van der Waals surface area contributed by atoms with Crippen LogP contribution in [0.25, 0.3) is 0 Å². The number of hydrogen-bond acceptors (Lipinski definition) is 4. The zero-order chi connectivity index (χ0) is 16.1. The first kappa shape index (κ1) is 14.5. The van der Waals surface area contributed by atoms with Crippen molar-refractivity contribution >= 4 is 11.8 Å². The van der Waals surface area contributed by atoms with Crippen LogP contribution in [-0.4, -0.2) is 44.1 Å². The second kappa shape index (κ2) is 5.23. The van der Waals surface area contributed by atoms with Crippen LogP contribution in [0.4, 0.5) is 0 Å². The monoisotopic (exact) mass is 315 g/mol. The van der Waals surface area contributed by atoms with Crippen molar-refractivity contribution in [1.82, 2.24) is 16.0 Å². The Bertz CT molecular complexity index is 678. The Morgan fingerprint density at radius 2 is 1.96 bits per heavy atom. The normalized spacial score (nSPS) is 30.2. The van der Waals surface area contributed by atoms with Crippen LogP contribution in [0.2, 0.25) is 0 Å². The molecule has 0 radical (unpaired) electrons. The van der Waals surface area contributed by atoms with Crippen LogP contribution in [0.1, 0.15) is 33.2 Å². The van der Waals surface area contributed by atoms with Gasteiger partial charge in [-0.1, -0.05) is 0 Å². The number of rotatable bonds is 3. The van der Waals surface area contributed by atoms with Crippen LogP contribution in [0.5, 0.6) is 5.75 Å². The van der Waals surface area contributed by atoms with Crippen LogP contribution in [0.15, 0.2) is 12.1 Å². The Morgan fingerprint density at radius 3 is 2.65 bits per heavy atom. The molecule has 3 aliphatic rings. The van der Waals surface area contributed by atoms with Crippen molar-refractivity contribution in [1.29, 1.82) is 0 Å². The minimum Gasteiger partial charge on any atom is -0.489 e. The van der Waals surface area contributed by atoms with Gasteiger partial charge in [0.2, 0.25) is 0 Å². The van der Waals surface area contributed by atoms with E-state index in [1.54, 1.807) is 13.1 Å². The smallest absolute Gasteiger partial charge is 0.254 e. The van der Waals surface area contributed by atoms with Gasteiger partial charge >= 0.3 is 0 Å². The van der Waals surface area contributed by atoms with Gasteiger partial charge in [-0.25, -0.2) is 0 Å². The summed E-state index contributed by atoms with van der Waals surface area (Å²) in [7, 11) is 1.58. The summed E-state index contributed by atoms with van der Waals surface area (Å²) < 4.78 is 5.75. The molecule has 2 amide bonds. The molecule has 0 aromatic heterocycles. The highest BCUT2D eigenvalue weighted by atomic mass is 16.5. The van der Waals surface area contributed by atoms with E-state index >= 15 is 0 Å². The molecule has 0 spiro atoms. The van der Waals surface area contributed by atoms with Gasteiger partial charge in [-0.15, -0.1) is 0 Å². The number of carbonyl (C=O) groups excluding carboxylic acids is 2. The zero-order valence-corrected chi connectivity index (χ0v) is 13.3. The van der Waals surface area contributed by atoms with E-state index in [2.05, 4.69) is 16.0 Å². The molecular formula is C17H21N3O3. The average molecular weight is 315 g/mol. The van der Waals surface area contributed by atoms with Gasteiger partial charge in [-0.05, 0) is 36.5 Å². The highest BCUT2D eigenvalue weighted by Crippen LogP contribution is 2.42. The average Bonchev–Trinajstić information content (AvgIpc) is 2.93. The molecular weight excluding hydrogens is 294 g/mol. The molecule has 3 atom stereocenters. The molecule has 2 aliphatic heterocycles. The summed E-state index contributed by atoms with van der Waals surface area (Å²) in [5.74, 6) is 1.42. The van der Waals surface area contributed by atoms with Gasteiger partial charge < -0.3 is 20.7 Å². The van der Waals surface area contributed by atoms with Crippen LogP contribution in [-0.2, 0) is 6.42 Å². The fourth-order valence-electron chi connectivity index (χ4n) is 3.83. The fraction of sp³-hybridized carbons (Fsp3) is 0.529. The second-order valence-electron chi connectivity index (χ2n) is 6.71. The fourth-order valence-corrected chi connectivity index (χ4v) is 3.83. The summed E-state index contributed by atoms with van der Waals surface area (Å²) in [6.07, 6.45) is 0.750. The molecule has 1 saturated carbocycles. The topological polar surface area (TPSA) is 79.5 Å². The van der Waals surface area contributed by atoms with Crippen LogP contribution in [0, 0.1) is 11.8 Å². The van der Waals surface area contributed by atoms with Crippen LogP contribution in [0.3, 0.4) is 0 Å². The predicted molar refractivity (Wildman–Crippen MR) is 84.7 cm³/mol. The molecule has 4 rings (SSSR count). The van der Waals surface area contributed by atoms with Gasteiger partial charge in [0.15, 0.2) is 0 Å². The summed E-state index contributed by atoms with van der Waals surface area (Å²) in [5.41, 5.74) is 1.91. The van der Waals surface area contributed by atoms with E-state index in [0.29, 0.717) is 28.7 Å². The third-order valence-corrected chi connectivity index (χ3v) is 5.12. The maximum Gasteiger partial charge on any atom is 0.254 e. The summed E-state index contributed by atoms with van der Waals surface area (Å²) >= 11 is 0. The second-order valence-corrected chi connectivity index (χ2v) is 6.71. The number of piperidine rings is 1. The van der Waals surface area contributed by atoms with Gasteiger partial charge in [-0.2, -0.15) is 0 Å². The number of hydrogen-bond donors (Lipinski definition) is 3. The first-order chi connectivity index (χ1) is 11.1. The lowest BCUT2D eigenvalue weighted by molar-refractivity contribution is 0.0946. The number of fused-ring (bicyclic) bond motifs is 2. The van der Waals surface area contributed by atoms with Crippen molar-refractivity contribution < 1.29 is 14.3 Å². The van der Waals surface area contributed by atoms with Gasteiger partial charge in [0, 0.05) is 38.2 Å². The lowest BCUT2D eigenvalue weighted by atomic mass is 10.0. The number of carbonyl (C=O) groups is 2. The molecule has 3 N–H and O–H groups in total. The number of amides is 2. The highest BCUT2D eigenvalue weighted by Gasteiger charge is 2.53. The SMILES string of the molecule is CNC(=O)c1cc(C(=O)NC2C3CNCC32)cc2c1OC(C)C2. The molecule has 6 nitrogen and oxygen atoms in total. The number of ether oxygens (including phenoxy) is 1. The van der Waals surface area contributed by atoms with E-state index in [4.69, 9.17) is 4.74 Å². The zero-order valence-electron chi connectivity index (χ0n) is 13.3. The molecule has 1 aromatic carbocycles. The van der Waals surface area contributed by atoms with E-state index in [1.165, 1.54) is 0 Å². The summed E-state index contributed by atoms with van der Waals surface area (Å²) in [6, 6.07) is 3.77. The lowest BCUT2D eigenvalue weighted by Crippen LogP contribution is -2.32. The largest absolute Gasteiger partial charge is 0.489 e. The summed E-state index contributed by atoms with van der Waals surface area (Å²) in [4.78, 5) is 24.7. The van der Waals surface area contributed by atoms with Crippen molar-refractivity contribution in [3.05, 3.63) is 28.8 Å². The minimum atomic E-state index is -0.225. The van der Waals surface area contributed by atoms with Gasteiger partial charge in [-0.3, -0.25) is 9.59 Å². The van der Waals surface area contributed by atoms with Gasteiger partial charge in [0.25, 0.3) is 11.8 Å². The molecule has 3 unspecified atom stereocenters. The molecule has 1 saturated heterocycles. The quantitative estimate of drug-likeness (QED) is 0.750. The maximum atomic E-state index is 12.6. The van der Waals surface area contributed by atoms with Crippen molar-refractivity contribution in [3.63, 3.8) is 0 Å². The Morgan fingerprint density at radius 1 is 1.22 bits per heavy atom. The van der Waals surface area contributed by atoms with E-state index in [0.717, 1.165) is 25.1 Å². The summed E-state index contributed by atoms with van der Waals surface area (Å²) in [5, 5.41) is 9.04. The van der Waals surface area contributed by atoms with E-state index in [9.17, 15) is 9.59 Å². The van der Waals surface area contributed by atoms with Crippen molar-refractivity contribution in [2.24, 2.45) is 11.8 Å². The predicted octanol–water partition coefficient (Wildman–Crippen LogP) is 0.317. The molecule has 122 valence electrons. The highest BCUT2D eigenvalue weighted by molar-refractivity contribution is 6.02. The molecule has 2 heterocycles. The van der Waals surface area contributed by atoms with Gasteiger partial charge in [0.1, 0.15) is 11.9 Å². The van der Waals surface area contributed by atoms with E-state index in [-0.39, 0.29) is 24.0 Å². The van der Waals surface area contributed by atoms with Crippen LogP contribution < -0.4 is 20.7 Å². The Labute approximate surface area is 135 Å². The van der Waals surface area contributed by atoms with Crippen molar-refractivity contribution in [2.45, 2.75) is 25.5 Å². The molecule has 6 heteroatoms. The third-order valence-electron chi connectivity index (χ3n) is 5.12. The van der Waals surface area contributed by atoms with E-state index < -0.39 is 0 Å². The molecule has 1 aliphatic carbocycles. The Balaban J connectivity index is 1.60. The third kappa shape index (κ3) is 2.37. The Hall–Kier alpha value is -2.08. The van der Waals surface area contributed by atoms with E-state index in [1.807, 2.05) is 13.0 Å². The summed E-state index contributed by atoms with van der Waals surface area (Å²) in [6.45, 7) is 3.93. The van der Waals surface area contributed by atoms with Gasteiger partial charge in [0.05, 0.1) is 5.56 Å². The molecule has 1 aromatic rings. The lowest BCUT2D eigenvalue weighted by Gasteiger charge is -2.12. The van der Waals surface area contributed by atoms with Crippen molar-refractivity contribution in [3.8, 4) is 5.75 Å². The first-order valence-electron chi connectivity index (χ1n) is 8.15. The standard InChI is InChI=1S/C17H21N3O3/c1-8-3-9-4-10(5-11(15(9)23-8)17(22)18-2)16(21)20-14-12-6-19-7-13(12)14/h4-5,8,12-14,19H,3,6-7H2,1-2H3,(H,18,22)(H,20,21). The molecule has 2 fully saturated rings. The number of nitrogens with one attached hydrogen (secondary N) is 3. The van der Waals surface area contributed by atoms with Crippen molar-refractivity contribution in [2.75, 3.05) is 20.1 Å². The molecule has 0 bridgehead atoms. The Kier molecular flexibility index (Phi) is 3.30. The minimum absolute atomic E-state index is 0.0283. The maximum absolute atomic E-state index is 12.6. The van der Waals surface area contributed by atoms with Crippen LogP contribution >= 0.6 is 0 Å². The first-order valence-corrected chi connectivity index (χ1v) is 8.15. The number of benzene rings is 1.